The maximum absolute atomic E-state index is 12.3. The van der Waals surface area contributed by atoms with Crippen molar-refractivity contribution in [1.82, 2.24) is 4.90 Å². The van der Waals surface area contributed by atoms with Crippen molar-refractivity contribution in [2.45, 2.75) is 44.4 Å². The summed E-state index contributed by atoms with van der Waals surface area (Å²) in [7, 11) is 0. The quantitative estimate of drug-likeness (QED) is 0.702. The van der Waals surface area contributed by atoms with Gasteiger partial charge in [0.2, 0.25) is 5.91 Å². The van der Waals surface area contributed by atoms with Crippen molar-refractivity contribution in [1.29, 1.82) is 0 Å². The standard InChI is InChI=1S/C16H25NO2S/c1-3-5-11-17(12-6-4-2)16(19)13-20-15-9-7-14(18)8-10-15/h7-10,18H,3-6,11-13H2,1-2H3. The first-order valence-corrected chi connectivity index (χ1v) is 8.35. The molecule has 0 aliphatic heterocycles. The van der Waals surface area contributed by atoms with E-state index in [1.54, 1.807) is 12.1 Å². The minimum absolute atomic E-state index is 0.213. The fourth-order valence-corrected chi connectivity index (χ4v) is 2.64. The summed E-state index contributed by atoms with van der Waals surface area (Å²) in [5, 5.41) is 9.23. The molecule has 1 rings (SSSR count). The van der Waals surface area contributed by atoms with Gasteiger partial charge in [-0.05, 0) is 37.1 Å². The van der Waals surface area contributed by atoms with E-state index in [0.717, 1.165) is 43.7 Å². The molecule has 1 aromatic carbocycles. The van der Waals surface area contributed by atoms with Gasteiger partial charge in [0.25, 0.3) is 0 Å². The molecular weight excluding hydrogens is 270 g/mol. The highest BCUT2D eigenvalue weighted by molar-refractivity contribution is 8.00. The zero-order valence-electron chi connectivity index (χ0n) is 12.5. The van der Waals surface area contributed by atoms with Crippen LogP contribution in [0.5, 0.6) is 5.75 Å². The highest BCUT2D eigenvalue weighted by atomic mass is 32.2. The molecule has 0 aromatic heterocycles. The van der Waals surface area contributed by atoms with Gasteiger partial charge in [-0.2, -0.15) is 0 Å². The zero-order chi connectivity index (χ0) is 14.8. The number of thioether (sulfide) groups is 1. The molecule has 0 atom stereocenters. The van der Waals surface area contributed by atoms with Crippen molar-refractivity contribution in [2.24, 2.45) is 0 Å². The third-order valence-electron chi connectivity index (χ3n) is 3.11. The summed E-state index contributed by atoms with van der Waals surface area (Å²) >= 11 is 1.53. The van der Waals surface area contributed by atoms with Crippen LogP contribution in [0.2, 0.25) is 0 Å². The zero-order valence-corrected chi connectivity index (χ0v) is 13.3. The van der Waals surface area contributed by atoms with Crippen molar-refractivity contribution < 1.29 is 9.90 Å². The van der Waals surface area contributed by atoms with Crippen molar-refractivity contribution >= 4 is 17.7 Å². The SMILES string of the molecule is CCCCN(CCCC)C(=O)CSc1ccc(O)cc1. The number of aromatic hydroxyl groups is 1. The lowest BCUT2D eigenvalue weighted by atomic mass is 10.2. The Balaban J connectivity index is 2.45. The van der Waals surface area contributed by atoms with Gasteiger partial charge >= 0.3 is 0 Å². The Morgan fingerprint density at radius 2 is 1.65 bits per heavy atom. The van der Waals surface area contributed by atoms with Gasteiger partial charge in [0.05, 0.1) is 5.75 Å². The fourth-order valence-electron chi connectivity index (χ4n) is 1.84. The number of unbranched alkanes of at least 4 members (excludes halogenated alkanes) is 2. The third kappa shape index (κ3) is 6.33. The van der Waals surface area contributed by atoms with E-state index in [4.69, 9.17) is 0 Å². The van der Waals surface area contributed by atoms with Gasteiger partial charge in [0, 0.05) is 18.0 Å². The summed E-state index contributed by atoms with van der Waals surface area (Å²) in [6.45, 7) is 6.03. The minimum Gasteiger partial charge on any atom is -0.508 e. The van der Waals surface area contributed by atoms with Crippen LogP contribution in [0.25, 0.3) is 0 Å². The maximum atomic E-state index is 12.3. The van der Waals surface area contributed by atoms with E-state index in [1.165, 1.54) is 11.8 Å². The first kappa shape index (κ1) is 16.9. The van der Waals surface area contributed by atoms with Crippen LogP contribution >= 0.6 is 11.8 Å². The fraction of sp³-hybridized carbons (Fsp3) is 0.562. The van der Waals surface area contributed by atoms with Crippen LogP contribution in [-0.4, -0.2) is 34.8 Å². The number of nitrogens with zero attached hydrogens (tertiary/aromatic N) is 1. The van der Waals surface area contributed by atoms with Gasteiger partial charge in [-0.25, -0.2) is 0 Å². The lowest BCUT2D eigenvalue weighted by Crippen LogP contribution is -2.34. The van der Waals surface area contributed by atoms with Crippen LogP contribution in [0.3, 0.4) is 0 Å². The molecule has 0 aliphatic rings. The van der Waals surface area contributed by atoms with Crippen LogP contribution in [0.4, 0.5) is 0 Å². The van der Waals surface area contributed by atoms with Crippen LogP contribution in [0.15, 0.2) is 29.2 Å². The van der Waals surface area contributed by atoms with E-state index in [9.17, 15) is 9.90 Å². The number of phenolic OH excluding ortho intramolecular Hbond substituents is 1. The normalized spacial score (nSPS) is 10.5. The van der Waals surface area contributed by atoms with Gasteiger partial charge < -0.3 is 10.0 Å². The lowest BCUT2D eigenvalue weighted by molar-refractivity contribution is -0.128. The molecule has 0 fully saturated rings. The molecule has 1 N–H and O–H groups in total. The van der Waals surface area contributed by atoms with E-state index in [-0.39, 0.29) is 11.7 Å². The lowest BCUT2D eigenvalue weighted by Gasteiger charge is -2.22. The first-order chi connectivity index (χ1) is 9.67. The van der Waals surface area contributed by atoms with Gasteiger partial charge in [-0.3, -0.25) is 4.79 Å². The molecule has 0 spiro atoms. The Kier molecular flexibility index (Phi) is 8.19. The summed E-state index contributed by atoms with van der Waals surface area (Å²) in [6.07, 6.45) is 4.36. The van der Waals surface area contributed by atoms with Gasteiger partial charge in [-0.15, -0.1) is 11.8 Å². The number of rotatable bonds is 9. The second-order valence-corrected chi connectivity index (χ2v) is 5.92. The van der Waals surface area contributed by atoms with Crippen LogP contribution in [0.1, 0.15) is 39.5 Å². The molecule has 3 nitrogen and oxygen atoms in total. The molecule has 1 aromatic rings. The van der Waals surface area contributed by atoms with E-state index in [2.05, 4.69) is 13.8 Å². The largest absolute Gasteiger partial charge is 0.508 e. The topological polar surface area (TPSA) is 40.5 Å². The van der Waals surface area contributed by atoms with E-state index >= 15 is 0 Å². The van der Waals surface area contributed by atoms with Crippen molar-refractivity contribution in [3.05, 3.63) is 24.3 Å². The predicted molar refractivity (Wildman–Crippen MR) is 85.2 cm³/mol. The highest BCUT2D eigenvalue weighted by Crippen LogP contribution is 2.21. The molecule has 0 saturated heterocycles. The number of carbonyl (C=O) groups is 1. The Hall–Kier alpha value is -1.16. The molecule has 0 unspecified atom stereocenters. The first-order valence-electron chi connectivity index (χ1n) is 7.37. The highest BCUT2D eigenvalue weighted by Gasteiger charge is 2.12. The second kappa shape index (κ2) is 9.70. The summed E-state index contributed by atoms with van der Waals surface area (Å²) in [5.74, 6) is 0.941. The molecule has 0 aliphatic carbocycles. The molecule has 0 bridgehead atoms. The number of phenols is 1. The number of carbonyl (C=O) groups excluding carboxylic acids is 1. The van der Waals surface area contributed by atoms with Gasteiger partial charge in [0.1, 0.15) is 5.75 Å². The number of hydrogen-bond acceptors (Lipinski definition) is 3. The van der Waals surface area contributed by atoms with Crippen LogP contribution in [0, 0.1) is 0 Å². The van der Waals surface area contributed by atoms with Gasteiger partial charge in [0.15, 0.2) is 0 Å². The maximum Gasteiger partial charge on any atom is 0.232 e. The molecule has 20 heavy (non-hydrogen) atoms. The van der Waals surface area contributed by atoms with Crippen LogP contribution in [-0.2, 0) is 4.79 Å². The molecule has 112 valence electrons. The number of hydrogen-bond donors (Lipinski definition) is 1. The predicted octanol–water partition coefficient (Wildman–Crippen LogP) is 3.91. The Morgan fingerprint density at radius 3 is 2.15 bits per heavy atom. The number of benzene rings is 1. The average molecular weight is 295 g/mol. The summed E-state index contributed by atoms with van der Waals surface area (Å²) < 4.78 is 0. The van der Waals surface area contributed by atoms with E-state index in [1.807, 2.05) is 17.0 Å². The molecular formula is C16H25NO2S. The molecule has 4 heteroatoms. The van der Waals surface area contributed by atoms with Crippen molar-refractivity contribution in [3.63, 3.8) is 0 Å². The summed E-state index contributed by atoms with van der Waals surface area (Å²) in [4.78, 5) is 15.3. The van der Waals surface area contributed by atoms with Crippen LogP contribution < -0.4 is 0 Å². The molecule has 1 amide bonds. The van der Waals surface area contributed by atoms with E-state index in [0.29, 0.717) is 5.75 Å². The van der Waals surface area contributed by atoms with Gasteiger partial charge in [-0.1, -0.05) is 26.7 Å². The third-order valence-corrected chi connectivity index (χ3v) is 4.11. The average Bonchev–Trinajstić information content (AvgIpc) is 2.46. The Bertz CT molecular complexity index is 384. The summed E-state index contributed by atoms with van der Waals surface area (Å²) in [6, 6.07) is 6.99. The summed E-state index contributed by atoms with van der Waals surface area (Å²) in [5.41, 5.74) is 0. The van der Waals surface area contributed by atoms with Crippen molar-refractivity contribution in [2.75, 3.05) is 18.8 Å². The molecule has 0 heterocycles. The molecule has 0 saturated carbocycles. The second-order valence-electron chi connectivity index (χ2n) is 4.87. The molecule has 0 radical (unpaired) electrons. The van der Waals surface area contributed by atoms with E-state index < -0.39 is 0 Å². The minimum atomic E-state index is 0.213. The Morgan fingerprint density at radius 1 is 1.10 bits per heavy atom. The smallest absolute Gasteiger partial charge is 0.232 e. The Labute approximate surface area is 126 Å². The number of amides is 1. The van der Waals surface area contributed by atoms with Crippen molar-refractivity contribution in [3.8, 4) is 5.75 Å². The monoisotopic (exact) mass is 295 g/mol.